The van der Waals surface area contributed by atoms with Gasteiger partial charge in [-0.15, -0.1) is 0 Å². The van der Waals surface area contributed by atoms with Crippen molar-refractivity contribution in [1.29, 1.82) is 0 Å². The van der Waals surface area contributed by atoms with E-state index >= 15 is 0 Å². The van der Waals surface area contributed by atoms with E-state index in [1.54, 1.807) is 0 Å². The van der Waals surface area contributed by atoms with E-state index in [2.05, 4.69) is 10.0 Å². The molecule has 0 saturated carbocycles. The molecule has 0 saturated heterocycles. The maximum absolute atomic E-state index is 11.8. The van der Waals surface area contributed by atoms with Gasteiger partial charge in [-0.1, -0.05) is 13.8 Å². The molecular formula is C11H27N3O2S. The first-order chi connectivity index (χ1) is 7.78. The Morgan fingerprint density at radius 2 is 1.82 bits per heavy atom. The van der Waals surface area contributed by atoms with Crippen LogP contribution in [-0.2, 0) is 10.0 Å². The summed E-state index contributed by atoms with van der Waals surface area (Å²) in [6.45, 7) is 5.51. The topological polar surface area (TPSA) is 61.4 Å². The highest BCUT2D eigenvalue weighted by molar-refractivity contribution is 7.89. The zero-order chi connectivity index (χ0) is 13.5. The Hall–Kier alpha value is -0.170. The van der Waals surface area contributed by atoms with Crippen LogP contribution in [0.15, 0.2) is 0 Å². The molecule has 1 unspecified atom stereocenters. The molecule has 0 aromatic heterocycles. The van der Waals surface area contributed by atoms with E-state index < -0.39 is 10.0 Å². The average Bonchev–Trinajstić information content (AvgIpc) is 2.15. The summed E-state index contributed by atoms with van der Waals surface area (Å²) in [7, 11) is 2.56. The van der Waals surface area contributed by atoms with Gasteiger partial charge < -0.3 is 10.2 Å². The standard InChI is InChI=1S/C11H27N3O2S/c1-10(2)11(9-14(4)5)13-17(15,16)8-6-7-12-3/h10-13H,6-9H2,1-5H3. The molecular weight excluding hydrogens is 238 g/mol. The number of hydrogen-bond acceptors (Lipinski definition) is 4. The van der Waals surface area contributed by atoms with E-state index in [0.29, 0.717) is 6.42 Å². The van der Waals surface area contributed by atoms with Crippen LogP contribution in [0.1, 0.15) is 20.3 Å². The lowest BCUT2D eigenvalue weighted by molar-refractivity contribution is 0.314. The Bertz CT molecular complexity index is 289. The first-order valence-electron chi connectivity index (χ1n) is 6.08. The van der Waals surface area contributed by atoms with Crippen LogP contribution in [0.2, 0.25) is 0 Å². The summed E-state index contributed by atoms with van der Waals surface area (Å²) in [5.74, 6) is 0.473. The third kappa shape index (κ3) is 8.54. The van der Waals surface area contributed by atoms with Crippen LogP contribution < -0.4 is 10.0 Å². The molecule has 104 valence electrons. The number of sulfonamides is 1. The zero-order valence-corrected chi connectivity index (χ0v) is 12.5. The minimum atomic E-state index is -3.16. The van der Waals surface area contributed by atoms with Crippen LogP contribution in [0, 0.1) is 5.92 Å². The molecule has 0 aliphatic heterocycles. The van der Waals surface area contributed by atoms with E-state index in [0.717, 1.165) is 13.1 Å². The monoisotopic (exact) mass is 265 g/mol. The molecule has 0 spiro atoms. The number of hydrogen-bond donors (Lipinski definition) is 2. The third-order valence-corrected chi connectivity index (χ3v) is 4.03. The number of nitrogens with one attached hydrogen (secondary N) is 2. The first kappa shape index (κ1) is 16.8. The van der Waals surface area contributed by atoms with Crippen LogP contribution in [0.25, 0.3) is 0 Å². The van der Waals surface area contributed by atoms with Crippen molar-refractivity contribution < 1.29 is 8.42 Å². The van der Waals surface area contributed by atoms with Crippen molar-refractivity contribution in [3.05, 3.63) is 0 Å². The lowest BCUT2D eigenvalue weighted by atomic mass is 10.1. The van der Waals surface area contributed by atoms with Crippen LogP contribution >= 0.6 is 0 Å². The Morgan fingerprint density at radius 1 is 1.24 bits per heavy atom. The van der Waals surface area contributed by atoms with Gasteiger partial charge in [0.05, 0.1) is 5.75 Å². The molecule has 0 fully saturated rings. The van der Waals surface area contributed by atoms with Gasteiger partial charge in [0.2, 0.25) is 10.0 Å². The summed E-state index contributed by atoms with van der Waals surface area (Å²) < 4.78 is 26.5. The fraction of sp³-hybridized carbons (Fsp3) is 1.00. The second-order valence-corrected chi connectivity index (χ2v) is 6.88. The average molecular weight is 265 g/mol. The minimum absolute atomic E-state index is 0.0235. The molecule has 17 heavy (non-hydrogen) atoms. The summed E-state index contributed by atoms with van der Waals surface area (Å²) in [6, 6.07) is -0.0235. The molecule has 0 aromatic carbocycles. The maximum atomic E-state index is 11.8. The Kier molecular flexibility index (Phi) is 7.94. The van der Waals surface area contributed by atoms with Gasteiger partial charge in [0.1, 0.15) is 0 Å². The van der Waals surface area contributed by atoms with E-state index in [9.17, 15) is 8.42 Å². The lowest BCUT2D eigenvalue weighted by Crippen LogP contribution is -2.45. The predicted molar refractivity (Wildman–Crippen MR) is 72.6 cm³/mol. The van der Waals surface area contributed by atoms with Crippen LogP contribution in [0.3, 0.4) is 0 Å². The normalized spacial score (nSPS) is 14.5. The smallest absolute Gasteiger partial charge is 0.211 e. The Morgan fingerprint density at radius 3 is 2.24 bits per heavy atom. The molecule has 0 heterocycles. The molecule has 1 atom stereocenters. The number of nitrogens with zero attached hydrogens (tertiary/aromatic N) is 1. The van der Waals surface area contributed by atoms with E-state index in [4.69, 9.17) is 0 Å². The Labute approximate surface area is 106 Å². The summed E-state index contributed by atoms with van der Waals surface area (Å²) in [5.41, 5.74) is 0. The van der Waals surface area contributed by atoms with Gasteiger partial charge in [0, 0.05) is 12.6 Å². The second kappa shape index (κ2) is 8.02. The molecule has 0 aromatic rings. The fourth-order valence-corrected chi connectivity index (χ4v) is 2.96. The number of likely N-dealkylation sites (N-methyl/N-ethyl adjacent to an activating group) is 1. The highest BCUT2D eigenvalue weighted by Gasteiger charge is 2.20. The molecule has 0 aliphatic carbocycles. The predicted octanol–water partition coefficient (Wildman–Crippen LogP) is 0.102. The summed E-state index contributed by atoms with van der Waals surface area (Å²) in [5, 5.41) is 2.95. The van der Waals surface area contributed by atoms with Crippen LogP contribution in [-0.4, -0.2) is 59.3 Å². The SMILES string of the molecule is CNCCCS(=O)(=O)NC(CN(C)C)C(C)C. The van der Waals surface area contributed by atoms with Crippen LogP contribution in [0.4, 0.5) is 0 Å². The fourth-order valence-electron chi connectivity index (χ4n) is 1.51. The van der Waals surface area contributed by atoms with Gasteiger partial charge in [-0.3, -0.25) is 0 Å². The molecule has 0 radical (unpaired) electrons. The van der Waals surface area contributed by atoms with E-state index in [1.807, 2.05) is 39.9 Å². The quantitative estimate of drug-likeness (QED) is 0.581. The summed E-state index contributed by atoms with van der Waals surface area (Å²) in [4.78, 5) is 2.00. The largest absolute Gasteiger partial charge is 0.320 e. The molecule has 2 N–H and O–H groups in total. The van der Waals surface area contributed by atoms with Gasteiger partial charge >= 0.3 is 0 Å². The van der Waals surface area contributed by atoms with Crippen molar-refractivity contribution in [2.75, 3.05) is 40.0 Å². The van der Waals surface area contributed by atoms with Crippen molar-refractivity contribution in [2.45, 2.75) is 26.3 Å². The zero-order valence-electron chi connectivity index (χ0n) is 11.7. The lowest BCUT2D eigenvalue weighted by Gasteiger charge is -2.25. The van der Waals surface area contributed by atoms with Gasteiger partial charge in [-0.05, 0) is 40.0 Å². The third-order valence-electron chi connectivity index (χ3n) is 2.54. The van der Waals surface area contributed by atoms with Crippen molar-refractivity contribution in [3.8, 4) is 0 Å². The van der Waals surface area contributed by atoms with Gasteiger partial charge in [-0.2, -0.15) is 0 Å². The van der Waals surface area contributed by atoms with Gasteiger partial charge in [0.25, 0.3) is 0 Å². The highest BCUT2D eigenvalue weighted by atomic mass is 32.2. The second-order valence-electron chi connectivity index (χ2n) is 5.01. The maximum Gasteiger partial charge on any atom is 0.211 e. The van der Waals surface area contributed by atoms with Crippen molar-refractivity contribution in [2.24, 2.45) is 5.92 Å². The van der Waals surface area contributed by atoms with Gasteiger partial charge in [0.15, 0.2) is 0 Å². The van der Waals surface area contributed by atoms with Crippen molar-refractivity contribution in [1.82, 2.24) is 14.9 Å². The molecule has 6 heteroatoms. The van der Waals surface area contributed by atoms with E-state index in [1.165, 1.54) is 0 Å². The molecule has 0 amide bonds. The molecule has 0 aliphatic rings. The minimum Gasteiger partial charge on any atom is -0.320 e. The number of rotatable bonds is 9. The molecule has 0 rings (SSSR count). The Balaban J connectivity index is 4.32. The molecule has 0 bridgehead atoms. The highest BCUT2D eigenvalue weighted by Crippen LogP contribution is 2.05. The van der Waals surface area contributed by atoms with Gasteiger partial charge in [-0.25, -0.2) is 13.1 Å². The van der Waals surface area contributed by atoms with E-state index in [-0.39, 0.29) is 17.7 Å². The first-order valence-corrected chi connectivity index (χ1v) is 7.73. The van der Waals surface area contributed by atoms with Crippen molar-refractivity contribution in [3.63, 3.8) is 0 Å². The van der Waals surface area contributed by atoms with Crippen LogP contribution in [0.5, 0.6) is 0 Å². The molecule has 5 nitrogen and oxygen atoms in total. The summed E-state index contributed by atoms with van der Waals surface area (Å²) >= 11 is 0. The summed E-state index contributed by atoms with van der Waals surface area (Å²) in [6.07, 6.45) is 0.638. The van der Waals surface area contributed by atoms with Crippen molar-refractivity contribution >= 4 is 10.0 Å².